The molecule has 0 radical (unpaired) electrons. The highest BCUT2D eigenvalue weighted by Crippen LogP contribution is 2.49. The fourth-order valence-corrected chi connectivity index (χ4v) is 14.8. The van der Waals surface area contributed by atoms with Crippen molar-refractivity contribution in [1.29, 1.82) is 0 Å². The van der Waals surface area contributed by atoms with Gasteiger partial charge in [0.15, 0.2) is 0 Å². The van der Waals surface area contributed by atoms with Crippen LogP contribution in [0.2, 0.25) is 0 Å². The average Bonchev–Trinajstić information content (AvgIpc) is 4.29. The molecule has 4 nitrogen and oxygen atoms in total. The van der Waals surface area contributed by atoms with Crippen LogP contribution in [0.5, 0.6) is 0 Å². The molecule has 17 rings (SSSR count). The normalized spacial score (nSPS) is 12.4. The second-order valence-electron chi connectivity index (χ2n) is 19.2. The van der Waals surface area contributed by atoms with Crippen molar-refractivity contribution in [1.82, 2.24) is 8.80 Å². The smallest absolute Gasteiger partial charge is 0.0640 e. The van der Waals surface area contributed by atoms with Gasteiger partial charge in [-0.15, -0.1) is 22.7 Å². The molecular weight excluding hydrogens is 913 g/mol. The van der Waals surface area contributed by atoms with E-state index in [9.17, 15) is 0 Å². The third-order valence-corrected chi connectivity index (χ3v) is 17.9. The molecule has 0 fully saturated rings. The molecule has 0 saturated heterocycles. The zero-order chi connectivity index (χ0) is 46.8. The molecule has 334 valence electrons. The Bertz CT molecular complexity index is 5060. The molecule has 0 atom stereocenters. The van der Waals surface area contributed by atoms with E-state index in [0.717, 1.165) is 28.4 Å². The minimum Gasteiger partial charge on any atom is -0.310 e. The van der Waals surface area contributed by atoms with Crippen LogP contribution in [0.15, 0.2) is 231 Å². The van der Waals surface area contributed by atoms with E-state index in [2.05, 4.69) is 249 Å². The standard InChI is InChI=1S/C66H38N4S2/c1-3-14-39(15-4-1)67(42-30-33-63-55(36-42)45-19-8-9-26-61(45)71-63)41-28-31-56-51(34-41)46-20-11-22-48-53-38-60-54(37-59(53)69(56)64(46)48)49-23-12-21-47-52-35-43(29-32-57(52)70(60)65(47)49)68(40-16-5-2-6-17-40)58-25-13-24-50-44-18-7-10-27-62(44)72-66(50)58/h1-38H. The first kappa shape index (κ1) is 38.9. The van der Waals surface area contributed by atoms with Crippen LogP contribution in [-0.4, -0.2) is 8.80 Å². The molecule has 6 heteroatoms. The molecule has 17 aromatic rings. The Morgan fingerprint density at radius 3 is 1.26 bits per heavy atom. The van der Waals surface area contributed by atoms with Crippen LogP contribution in [0.25, 0.3) is 117 Å². The summed E-state index contributed by atoms with van der Waals surface area (Å²) in [5.74, 6) is 0. The number of hydrogen-bond acceptors (Lipinski definition) is 4. The number of rotatable bonds is 6. The Balaban J connectivity index is 0.854. The summed E-state index contributed by atoms with van der Waals surface area (Å²) in [6, 6.07) is 85.8. The third kappa shape index (κ3) is 5.19. The summed E-state index contributed by atoms with van der Waals surface area (Å²) in [5.41, 5.74) is 14.3. The van der Waals surface area contributed by atoms with Gasteiger partial charge in [-0.3, -0.25) is 0 Å². The molecule has 11 aromatic carbocycles. The molecule has 0 spiro atoms. The van der Waals surface area contributed by atoms with E-state index in [1.807, 2.05) is 22.7 Å². The molecule has 72 heavy (non-hydrogen) atoms. The van der Waals surface area contributed by atoms with Crippen molar-refractivity contribution in [2.75, 3.05) is 9.80 Å². The van der Waals surface area contributed by atoms with Crippen molar-refractivity contribution in [3.63, 3.8) is 0 Å². The molecule has 0 unspecified atom stereocenters. The van der Waals surface area contributed by atoms with Crippen LogP contribution in [0.1, 0.15) is 0 Å². The topological polar surface area (TPSA) is 15.3 Å². The van der Waals surface area contributed by atoms with Gasteiger partial charge in [0.25, 0.3) is 0 Å². The predicted molar refractivity (Wildman–Crippen MR) is 311 cm³/mol. The highest BCUT2D eigenvalue weighted by Gasteiger charge is 2.25. The van der Waals surface area contributed by atoms with E-state index >= 15 is 0 Å². The van der Waals surface area contributed by atoms with E-state index in [-0.39, 0.29) is 0 Å². The number of fused-ring (bicyclic) bond motifs is 18. The number of thiophene rings is 2. The molecule has 0 N–H and O–H groups in total. The fraction of sp³-hybridized carbons (Fsp3) is 0. The summed E-state index contributed by atoms with van der Waals surface area (Å²) in [4.78, 5) is 4.86. The van der Waals surface area contributed by atoms with Gasteiger partial charge in [0.05, 0.1) is 43.5 Å². The average molecular weight is 951 g/mol. The lowest BCUT2D eigenvalue weighted by atomic mass is 10.0. The Labute approximate surface area is 419 Å². The van der Waals surface area contributed by atoms with Crippen LogP contribution in [0.4, 0.5) is 34.1 Å². The molecular formula is C66H38N4S2. The molecule has 0 aliphatic heterocycles. The molecule has 0 aliphatic carbocycles. The summed E-state index contributed by atoms with van der Waals surface area (Å²) < 4.78 is 10.3. The van der Waals surface area contributed by atoms with Gasteiger partial charge in [-0.2, -0.15) is 0 Å². The van der Waals surface area contributed by atoms with Crippen LogP contribution in [-0.2, 0) is 0 Å². The van der Waals surface area contributed by atoms with E-state index in [1.165, 1.54) is 122 Å². The van der Waals surface area contributed by atoms with Crippen molar-refractivity contribution in [3.05, 3.63) is 231 Å². The minimum atomic E-state index is 1.13. The Morgan fingerprint density at radius 1 is 0.250 bits per heavy atom. The lowest BCUT2D eigenvalue weighted by Crippen LogP contribution is -2.09. The largest absolute Gasteiger partial charge is 0.310 e. The van der Waals surface area contributed by atoms with E-state index in [1.54, 1.807) is 0 Å². The molecule has 0 saturated carbocycles. The van der Waals surface area contributed by atoms with Crippen LogP contribution < -0.4 is 9.80 Å². The maximum atomic E-state index is 2.53. The Morgan fingerprint density at radius 2 is 0.667 bits per heavy atom. The summed E-state index contributed by atoms with van der Waals surface area (Å²) in [5, 5.41) is 15.3. The SMILES string of the molecule is c1ccc(N(c2ccc3sc4ccccc4c3c2)c2ccc3c(c2)c2cccc4c5cc6c(cc5n3c24)c2cccc3c4cc(N(c5ccccc5)c5cccc7c5sc5ccccc57)ccc4n6c32)cc1. The van der Waals surface area contributed by atoms with Crippen molar-refractivity contribution in [2.24, 2.45) is 0 Å². The first-order valence-corrected chi connectivity index (χ1v) is 26.2. The van der Waals surface area contributed by atoms with Gasteiger partial charge in [0, 0.05) is 107 Å². The van der Waals surface area contributed by atoms with Crippen LogP contribution >= 0.6 is 22.7 Å². The van der Waals surface area contributed by atoms with Gasteiger partial charge >= 0.3 is 0 Å². The molecule has 0 aliphatic rings. The quantitative estimate of drug-likeness (QED) is 0.165. The van der Waals surface area contributed by atoms with Gasteiger partial charge in [-0.05, 0) is 109 Å². The summed E-state index contributed by atoms with van der Waals surface area (Å²) >= 11 is 3.74. The highest BCUT2D eigenvalue weighted by atomic mass is 32.1. The Hall–Kier alpha value is -8.94. The summed E-state index contributed by atoms with van der Waals surface area (Å²) in [6.07, 6.45) is 0. The Kier molecular flexibility index (Phi) is 7.73. The van der Waals surface area contributed by atoms with Crippen molar-refractivity contribution >= 4 is 173 Å². The fourth-order valence-electron chi connectivity index (χ4n) is 12.5. The molecule has 6 aromatic heterocycles. The lowest BCUT2D eigenvalue weighted by molar-refractivity contribution is 1.29. The zero-order valence-electron chi connectivity index (χ0n) is 38.5. The molecule has 0 bridgehead atoms. The van der Waals surface area contributed by atoms with Gasteiger partial charge in [0.1, 0.15) is 0 Å². The maximum Gasteiger partial charge on any atom is 0.0640 e. The number of para-hydroxylation sites is 4. The summed E-state index contributed by atoms with van der Waals surface area (Å²) in [6.45, 7) is 0. The van der Waals surface area contributed by atoms with Gasteiger partial charge < -0.3 is 18.6 Å². The maximum absolute atomic E-state index is 2.53. The second-order valence-corrected chi connectivity index (χ2v) is 21.4. The number of anilines is 6. The zero-order valence-corrected chi connectivity index (χ0v) is 40.2. The number of hydrogen-bond donors (Lipinski definition) is 0. The van der Waals surface area contributed by atoms with Crippen molar-refractivity contribution in [3.8, 4) is 0 Å². The number of nitrogens with zero attached hydrogens (tertiary/aromatic N) is 4. The van der Waals surface area contributed by atoms with Gasteiger partial charge in [0.2, 0.25) is 0 Å². The van der Waals surface area contributed by atoms with Crippen LogP contribution in [0.3, 0.4) is 0 Å². The molecule has 0 amide bonds. The summed E-state index contributed by atoms with van der Waals surface area (Å²) in [7, 11) is 0. The first-order chi connectivity index (χ1) is 35.7. The first-order valence-electron chi connectivity index (χ1n) is 24.6. The highest BCUT2D eigenvalue weighted by molar-refractivity contribution is 7.26. The minimum absolute atomic E-state index is 1.13. The monoisotopic (exact) mass is 950 g/mol. The van der Waals surface area contributed by atoms with Gasteiger partial charge in [-0.1, -0.05) is 121 Å². The molecule has 6 heterocycles. The van der Waals surface area contributed by atoms with E-state index < -0.39 is 0 Å². The van der Waals surface area contributed by atoms with Crippen molar-refractivity contribution in [2.45, 2.75) is 0 Å². The lowest BCUT2D eigenvalue weighted by Gasteiger charge is -2.26. The van der Waals surface area contributed by atoms with E-state index in [0.29, 0.717) is 0 Å². The van der Waals surface area contributed by atoms with Crippen molar-refractivity contribution < 1.29 is 0 Å². The van der Waals surface area contributed by atoms with Gasteiger partial charge in [-0.25, -0.2) is 0 Å². The number of aromatic nitrogens is 2. The second kappa shape index (κ2) is 14.3. The van der Waals surface area contributed by atoms with E-state index in [4.69, 9.17) is 0 Å². The number of benzene rings is 11. The third-order valence-electron chi connectivity index (χ3n) is 15.5. The predicted octanol–water partition coefficient (Wildman–Crippen LogP) is 19.7. The van der Waals surface area contributed by atoms with Crippen LogP contribution in [0, 0.1) is 0 Å².